The molecule has 0 atom stereocenters. The zero-order valence-electron chi connectivity index (χ0n) is 26.6. The Morgan fingerprint density at radius 2 is 1.18 bits per heavy atom. The van der Waals surface area contributed by atoms with Gasteiger partial charge in [0, 0.05) is 51.7 Å². The molecule has 4 heterocycles. The third-order valence-electron chi connectivity index (χ3n) is 6.20. The molecule has 0 bridgehead atoms. The second kappa shape index (κ2) is 16.7. The van der Waals surface area contributed by atoms with Crippen LogP contribution in [0.15, 0.2) is 36.9 Å². The molecular formula is C29H42ClN7O8. The van der Waals surface area contributed by atoms with E-state index in [2.05, 4.69) is 9.97 Å². The molecule has 2 amide bonds. The summed E-state index contributed by atoms with van der Waals surface area (Å²) in [4.78, 5) is 56.3. The van der Waals surface area contributed by atoms with Crippen LogP contribution in [0.5, 0.6) is 0 Å². The van der Waals surface area contributed by atoms with Crippen molar-refractivity contribution in [2.24, 2.45) is 0 Å². The van der Waals surface area contributed by atoms with Crippen LogP contribution >= 0.6 is 11.6 Å². The number of carbonyl (C=O) groups excluding carboxylic acids is 2. The number of halogens is 1. The van der Waals surface area contributed by atoms with Gasteiger partial charge in [0.25, 0.3) is 0 Å². The Labute approximate surface area is 267 Å². The van der Waals surface area contributed by atoms with Gasteiger partial charge in [-0.1, -0.05) is 11.6 Å². The molecular weight excluding hydrogens is 610 g/mol. The molecule has 0 spiro atoms. The van der Waals surface area contributed by atoms with E-state index in [4.69, 9.17) is 21.1 Å². The van der Waals surface area contributed by atoms with Crippen molar-refractivity contribution in [2.75, 3.05) is 44.2 Å². The molecule has 2 fully saturated rings. The van der Waals surface area contributed by atoms with Gasteiger partial charge in [0.2, 0.25) is 0 Å². The Morgan fingerprint density at radius 3 is 1.60 bits per heavy atom. The van der Waals surface area contributed by atoms with Gasteiger partial charge in [-0.05, 0) is 72.9 Å². The van der Waals surface area contributed by atoms with Gasteiger partial charge in [0.15, 0.2) is 0 Å². The monoisotopic (exact) mass is 651 g/mol. The van der Waals surface area contributed by atoms with Gasteiger partial charge in [-0.25, -0.2) is 9.59 Å². The first kappa shape index (κ1) is 36.9. The van der Waals surface area contributed by atoms with Gasteiger partial charge < -0.3 is 24.2 Å². The zero-order chi connectivity index (χ0) is 33.8. The highest BCUT2D eigenvalue weighted by Gasteiger charge is 2.28. The number of likely N-dealkylation sites (tertiary alicyclic amines) is 1. The van der Waals surface area contributed by atoms with E-state index in [-0.39, 0.29) is 34.2 Å². The van der Waals surface area contributed by atoms with Crippen LogP contribution in [-0.4, -0.2) is 92.3 Å². The molecule has 2 aromatic heterocycles. The van der Waals surface area contributed by atoms with E-state index in [9.17, 15) is 29.8 Å². The van der Waals surface area contributed by atoms with Crippen molar-refractivity contribution < 1.29 is 28.9 Å². The lowest BCUT2D eigenvalue weighted by Gasteiger charge is -2.36. The predicted octanol–water partition coefficient (Wildman–Crippen LogP) is 6.10. The Balaban J connectivity index is 0.000000259. The van der Waals surface area contributed by atoms with Gasteiger partial charge in [-0.15, -0.1) is 0 Å². The van der Waals surface area contributed by atoms with E-state index >= 15 is 0 Å². The SMILES string of the molecule is CC(C)(C)OC(=O)N1CCCCC1.CC(C)(C)OC(=O)N1CCN(c2ccncc2[N+](=O)[O-])CC1.O=[N+]([O-])c1cnccc1Cl. The lowest BCUT2D eigenvalue weighted by molar-refractivity contribution is -0.385. The number of ether oxygens (including phenoxy) is 2. The minimum absolute atomic E-state index is 0.0202. The van der Waals surface area contributed by atoms with Crippen LogP contribution in [0, 0.1) is 20.2 Å². The van der Waals surface area contributed by atoms with Crippen molar-refractivity contribution in [2.45, 2.75) is 72.0 Å². The molecule has 2 saturated heterocycles. The highest BCUT2D eigenvalue weighted by molar-refractivity contribution is 6.32. The number of aromatic nitrogens is 2. The zero-order valence-corrected chi connectivity index (χ0v) is 27.4. The predicted molar refractivity (Wildman–Crippen MR) is 168 cm³/mol. The maximum absolute atomic E-state index is 12.0. The number of rotatable bonds is 3. The van der Waals surface area contributed by atoms with E-state index in [0.29, 0.717) is 31.9 Å². The fourth-order valence-electron chi connectivity index (χ4n) is 4.15. The minimum atomic E-state index is -0.574. The van der Waals surface area contributed by atoms with Crippen LogP contribution in [0.3, 0.4) is 0 Å². The summed E-state index contributed by atoms with van der Waals surface area (Å²) >= 11 is 5.44. The first-order chi connectivity index (χ1) is 21.0. The Bertz CT molecular complexity index is 1300. The second-order valence-corrected chi connectivity index (χ2v) is 12.6. The molecule has 2 aliphatic heterocycles. The van der Waals surface area contributed by atoms with Gasteiger partial charge in [-0.3, -0.25) is 30.2 Å². The van der Waals surface area contributed by atoms with Crippen LogP contribution in [0.25, 0.3) is 0 Å². The summed E-state index contributed by atoms with van der Waals surface area (Å²) in [6, 6.07) is 3.00. The first-order valence-electron chi connectivity index (χ1n) is 14.5. The van der Waals surface area contributed by atoms with E-state index < -0.39 is 15.4 Å². The number of pyridine rings is 2. The molecule has 0 aromatic carbocycles. The quantitative estimate of drug-likeness (QED) is 0.277. The van der Waals surface area contributed by atoms with Crippen molar-refractivity contribution in [3.8, 4) is 0 Å². The minimum Gasteiger partial charge on any atom is -0.444 e. The largest absolute Gasteiger partial charge is 0.444 e. The average Bonchev–Trinajstić information content (AvgIpc) is 2.97. The molecule has 15 nitrogen and oxygen atoms in total. The molecule has 0 N–H and O–H groups in total. The normalized spacial score (nSPS) is 15.0. The molecule has 0 aliphatic carbocycles. The van der Waals surface area contributed by atoms with Crippen LogP contribution in [0.2, 0.25) is 5.02 Å². The number of nitro groups is 2. The summed E-state index contributed by atoms with van der Waals surface area (Å²) in [7, 11) is 0. The number of hydrogen-bond acceptors (Lipinski definition) is 11. The number of piperazine rings is 1. The third-order valence-corrected chi connectivity index (χ3v) is 6.52. The number of carbonyl (C=O) groups is 2. The molecule has 0 unspecified atom stereocenters. The fraction of sp³-hybridized carbons (Fsp3) is 0.586. The summed E-state index contributed by atoms with van der Waals surface area (Å²) in [5.74, 6) is 0. The van der Waals surface area contributed by atoms with E-state index in [1.165, 1.54) is 31.1 Å². The number of piperidine rings is 1. The molecule has 248 valence electrons. The highest BCUT2D eigenvalue weighted by atomic mass is 35.5. The molecule has 45 heavy (non-hydrogen) atoms. The van der Waals surface area contributed by atoms with Crippen molar-refractivity contribution >= 4 is 40.8 Å². The van der Waals surface area contributed by atoms with Gasteiger partial charge in [-0.2, -0.15) is 0 Å². The summed E-state index contributed by atoms with van der Waals surface area (Å²) < 4.78 is 10.6. The molecule has 2 aromatic rings. The third kappa shape index (κ3) is 13.1. The number of amides is 2. The molecule has 4 rings (SSSR count). The summed E-state index contributed by atoms with van der Waals surface area (Å²) in [6.07, 6.45) is 8.23. The molecule has 16 heteroatoms. The first-order valence-corrected chi connectivity index (χ1v) is 14.9. The van der Waals surface area contributed by atoms with Crippen molar-refractivity contribution in [3.05, 3.63) is 62.2 Å². The second-order valence-electron chi connectivity index (χ2n) is 12.2. The van der Waals surface area contributed by atoms with Crippen LogP contribution in [-0.2, 0) is 9.47 Å². The van der Waals surface area contributed by atoms with E-state index in [0.717, 1.165) is 32.1 Å². The Morgan fingerprint density at radius 1 is 0.733 bits per heavy atom. The molecule has 2 aliphatic rings. The highest BCUT2D eigenvalue weighted by Crippen LogP contribution is 2.27. The number of nitrogens with zero attached hydrogens (tertiary/aromatic N) is 7. The van der Waals surface area contributed by atoms with Gasteiger partial charge in [0.05, 0.1) is 9.85 Å². The smallest absolute Gasteiger partial charge is 0.410 e. The van der Waals surface area contributed by atoms with Gasteiger partial charge in [0.1, 0.15) is 34.3 Å². The number of hydrogen-bond donors (Lipinski definition) is 0. The van der Waals surface area contributed by atoms with Crippen molar-refractivity contribution in [3.63, 3.8) is 0 Å². The maximum Gasteiger partial charge on any atom is 0.410 e. The van der Waals surface area contributed by atoms with E-state index in [1.54, 1.807) is 15.9 Å². The van der Waals surface area contributed by atoms with Crippen LogP contribution in [0.4, 0.5) is 26.7 Å². The lowest BCUT2D eigenvalue weighted by atomic mass is 10.1. The standard InChI is InChI=1S/C14H20N4O4.C10H19NO2.C5H3ClN2O2/c1-14(2,3)22-13(19)17-8-6-16(7-9-17)11-4-5-15-10-12(11)18(20)21;1-10(2,3)13-9(12)11-7-5-4-6-8-11;6-4-1-2-7-3-5(4)8(9)10/h4-5,10H,6-9H2,1-3H3;4-8H2,1-3H3;1-3H. The summed E-state index contributed by atoms with van der Waals surface area (Å²) in [5.41, 5.74) is -0.548. The Hall–Kier alpha value is -4.27. The number of anilines is 1. The van der Waals surface area contributed by atoms with Crippen molar-refractivity contribution in [1.82, 2.24) is 19.8 Å². The van der Waals surface area contributed by atoms with E-state index in [1.807, 2.05) is 46.4 Å². The molecule has 0 saturated carbocycles. The van der Waals surface area contributed by atoms with Crippen LogP contribution < -0.4 is 4.90 Å². The molecule has 0 radical (unpaired) electrons. The Kier molecular flexibility index (Phi) is 13.7. The topological polar surface area (TPSA) is 174 Å². The van der Waals surface area contributed by atoms with Crippen molar-refractivity contribution in [1.29, 1.82) is 0 Å². The summed E-state index contributed by atoms with van der Waals surface area (Å²) in [6.45, 7) is 14.8. The average molecular weight is 652 g/mol. The lowest BCUT2D eigenvalue weighted by Crippen LogP contribution is -2.50. The fourth-order valence-corrected chi connectivity index (χ4v) is 4.32. The summed E-state index contributed by atoms with van der Waals surface area (Å²) in [5, 5.41) is 21.3. The van der Waals surface area contributed by atoms with Crippen LogP contribution in [0.1, 0.15) is 60.8 Å². The maximum atomic E-state index is 12.0. The van der Waals surface area contributed by atoms with Gasteiger partial charge >= 0.3 is 23.6 Å².